The van der Waals surface area contributed by atoms with Crippen LogP contribution >= 0.6 is 0 Å². The van der Waals surface area contributed by atoms with E-state index in [9.17, 15) is 13.5 Å². The topological polar surface area (TPSA) is 86.3 Å². The molecule has 1 spiro atoms. The van der Waals surface area contributed by atoms with Gasteiger partial charge in [-0.3, -0.25) is 5.10 Å². The molecule has 0 unspecified atom stereocenters. The summed E-state index contributed by atoms with van der Waals surface area (Å²) in [6, 6.07) is 0. The van der Waals surface area contributed by atoms with E-state index in [1.54, 1.807) is 0 Å². The van der Waals surface area contributed by atoms with Crippen molar-refractivity contribution in [2.75, 3.05) is 13.1 Å². The minimum Gasteiger partial charge on any atom is -0.392 e. The van der Waals surface area contributed by atoms with Gasteiger partial charge in [-0.2, -0.15) is 9.40 Å². The number of aromatic amines is 1. The number of aliphatic hydroxyl groups is 1. The van der Waals surface area contributed by atoms with Gasteiger partial charge in [0.1, 0.15) is 0 Å². The summed E-state index contributed by atoms with van der Waals surface area (Å²) in [6.45, 7) is 0.835. The summed E-state index contributed by atoms with van der Waals surface area (Å²) in [7, 11) is -3.55. The van der Waals surface area contributed by atoms with Crippen LogP contribution in [-0.2, 0) is 16.6 Å². The molecule has 0 amide bonds. The SMILES string of the molecule is O=S(=O)(c1[nH]ncc1CO)N1CCC2(CCCC2)CC1. The van der Waals surface area contributed by atoms with Gasteiger partial charge in [0, 0.05) is 18.7 Å². The molecule has 3 rings (SSSR count). The Balaban J connectivity index is 1.77. The second-order valence-corrected chi connectivity index (χ2v) is 7.87. The molecule has 0 atom stereocenters. The fourth-order valence-corrected chi connectivity index (χ4v) is 5.13. The molecule has 1 saturated heterocycles. The molecule has 2 aliphatic rings. The van der Waals surface area contributed by atoms with Crippen molar-refractivity contribution in [2.24, 2.45) is 5.41 Å². The van der Waals surface area contributed by atoms with Crippen LogP contribution in [0.2, 0.25) is 0 Å². The van der Waals surface area contributed by atoms with E-state index in [1.807, 2.05) is 0 Å². The lowest BCUT2D eigenvalue weighted by atomic mass is 9.78. The van der Waals surface area contributed by atoms with Gasteiger partial charge in [-0.15, -0.1) is 0 Å². The summed E-state index contributed by atoms with van der Waals surface area (Å²) in [5.74, 6) is 0. The molecule has 1 aromatic heterocycles. The zero-order valence-electron chi connectivity index (χ0n) is 11.5. The monoisotopic (exact) mass is 299 g/mol. The Bertz CT molecular complexity index is 565. The molecule has 7 heteroatoms. The highest BCUT2D eigenvalue weighted by Gasteiger charge is 2.40. The van der Waals surface area contributed by atoms with Crippen molar-refractivity contribution in [3.8, 4) is 0 Å². The number of aromatic nitrogens is 2. The Morgan fingerprint density at radius 3 is 2.50 bits per heavy atom. The van der Waals surface area contributed by atoms with Crippen LogP contribution in [0.25, 0.3) is 0 Å². The van der Waals surface area contributed by atoms with Gasteiger partial charge in [0.2, 0.25) is 0 Å². The smallest absolute Gasteiger partial charge is 0.260 e. The summed E-state index contributed by atoms with van der Waals surface area (Å²) in [4.78, 5) is 0. The number of hydrogen-bond donors (Lipinski definition) is 2. The molecule has 1 aromatic rings. The Morgan fingerprint density at radius 1 is 1.25 bits per heavy atom. The fraction of sp³-hybridized carbons (Fsp3) is 0.769. The predicted molar refractivity (Wildman–Crippen MR) is 73.4 cm³/mol. The molecule has 2 heterocycles. The molecule has 2 N–H and O–H groups in total. The molecule has 6 nitrogen and oxygen atoms in total. The maximum Gasteiger partial charge on any atom is 0.260 e. The van der Waals surface area contributed by atoms with E-state index in [-0.39, 0.29) is 11.6 Å². The van der Waals surface area contributed by atoms with Crippen molar-refractivity contribution in [3.63, 3.8) is 0 Å². The lowest BCUT2D eigenvalue weighted by molar-refractivity contribution is 0.160. The highest BCUT2D eigenvalue weighted by Crippen LogP contribution is 2.46. The average molecular weight is 299 g/mol. The number of H-pyrrole nitrogens is 1. The Kier molecular flexibility index (Phi) is 3.60. The highest BCUT2D eigenvalue weighted by atomic mass is 32.2. The van der Waals surface area contributed by atoms with Crippen LogP contribution in [0.4, 0.5) is 0 Å². The largest absolute Gasteiger partial charge is 0.392 e. The molecule has 1 aliphatic carbocycles. The third-order valence-electron chi connectivity index (χ3n) is 4.89. The first-order valence-electron chi connectivity index (χ1n) is 7.21. The molecule has 1 aliphatic heterocycles. The van der Waals surface area contributed by atoms with Crippen LogP contribution in [-0.4, -0.2) is 41.1 Å². The maximum atomic E-state index is 12.6. The van der Waals surface area contributed by atoms with Gasteiger partial charge in [0.05, 0.1) is 12.8 Å². The molecule has 0 radical (unpaired) electrons. The van der Waals surface area contributed by atoms with Gasteiger partial charge in [-0.25, -0.2) is 8.42 Å². The zero-order chi connectivity index (χ0) is 14.2. The first kappa shape index (κ1) is 14.0. The van der Waals surface area contributed by atoms with Gasteiger partial charge in [-0.05, 0) is 31.1 Å². The summed E-state index contributed by atoms with van der Waals surface area (Å²) in [5.41, 5.74) is 0.728. The predicted octanol–water partition coefficient (Wildman–Crippen LogP) is 1.25. The Morgan fingerprint density at radius 2 is 1.90 bits per heavy atom. The maximum absolute atomic E-state index is 12.6. The quantitative estimate of drug-likeness (QED) is 0.879. The van der Waals surface area contributed by atoms with Crippen LogP contribution < -0.4 is 0 Å². The molecular weight excluding hydrogens is 278 g/mol. The normalized spacial score (nSPS) is 23.4. The average Bonchev–Trinajstić information content (AvgIpc) is 3.08. The van der Waals surface area contributed by atoms with Gasteiger partial charge in [-0.1, -0.05) is 12.8 Å². The molecule has 112 valence electrons. The van der Waals surface area contributed by atoms with Crippen molar-refractivity contribution in [1.82, 2.24) is 14.5 Å². The van der Waals surface area contributed by atoms with Crippen LogP contribution in [0.1, 0.15) is 44.1 Å². The number of hydrogen-bond acceptors (Lipinski definition) is 4. The number of piperidine rings is 1. The standard InChI is InChI=1S/C13H21N3O3S/c17-10-11-9-14-15-12(11)20(18,19)16-7-5-13(6-8-16)3-1-2-4-13/h9,17H,1-8,10H2,(H,14,15). The van der Waals surface area contributed by atoms with E-state index in [2.05, 4.69) is 10.2 Å². The van der Waals surface area contributed by atoms with Crippen molar-refractivity contribution in [1.29, 1.82) is 0 Å². The second kappa shape index (κ2) is 5.13. The molecule has 0 aromatic carbocycles. The van der Waals surface area contributed by atoms with E-state index >= 15 is 0 Å². The first-order valence-corrected chi connectivity index (χ1v) is 8.65. The molecule has 0 bridgehead atoms. The third kappa shape index (κ3) is 2.27. The lowest BCUT2D eigenvalue weighted by Crippen LogP contribution is -2.42. The summed E-state index contributed by atoms with van der Waals surface area (Å²) >= 11 is 0. The minimum absolute atomic E-state index is 0.0439. The molecule has 20 heavy (non-hydrogen) atoms. The fourth-order valence-electron chi connectivity index (χ4n) is 3.59. The van der Waals surface area contributed by atoms with Crippen molar-refractivity contribution in [2.45, 2.75) is 50.2 Å². The Labute approximate surface area is 119 Å². The van der Waals surface area contributed by atoms with E-state index < -0.39 is 10.0 Å². The van der Waals surface area contributed by atoms with Crippen molar-refractivity contribution in [3.05, 3.63) is 11.8 Å². The van der Waals surface area contributed by atoms with Crippen molar-refractivity contribution >= 4 is 10.0 Å². The summed E-state index contributed by atoms with van der Waals surface area (Å²) < 4.78 is 26.7. The zero-order valence-corrected chi connectivity index (χ0v) is 12.3. The van der Waals surface area contributed by atoms with E-state index in [4.69, 9.17) is 0 Å². The highest BCUT2D eigenvalue weighted by molar-refractivity contribution is 7.89. The molecule has 1 saturated carbocycles. The molecule has 2 fully saturated rings. The van der Waals surface area contributed by atoms with Gasteiger partial charge < -0.3 is 5.11 Å². The van der Waals surface area contributed by atoms with Crippen molar-refractivity contribution < 1.29 is 13.5 Å². The lowest BCUT2D eigenvalue weighted by Gasteiger charge is -2.38. The Hall–Kier alpha value is -0.920. The van der Waals surface area contributed by atoms with Gasteiger partial charge in [0.15, 0.2) is 5.03 Å². The van der Waals surface area contributed by atoms with Crippen LogP contribution in [0.15, 0.2) is 11.2 Å². The number of sulfonamides is 1. The van der Waals surface area contributed by atoms with Crippen LogP contribution in [0.3, 0.4) is 0 Å². The number of rotatable bonds is 3. The van der Waals surface area contributed by atoms with E-state index in [1.165, 1.54) is 36.2 Å². The number of nitrogens with zero attached hydrogens (tertiary/aromatic N) is 2. The third-order valence-corrected chi connectivity index (χ3v) is 6.81. The van der Waals surface area contributed by atoms with Crippen LogP contribution in [0, 0.1) is 5.41 Å². The van der Waals surface area contributed by atoms with E-state index in [0.717, 1.165) is 12.8 Å². The first-order chi connectivity index (χ1) is 9.57. The number of nitrogens with one attached hydrogen (secondary N) is 1. The number of aliphatic hydroxyl groups excluding tert-OH is 1. The summed E-state index contributed by atoms with van der Waals surface area (Å²) in [5, 5.41) is 15.5. The second-order valence-electron chi connectivity index (χ2n) is 5.99. The van der Waals surface area contributed by atoms with Crippen LogP contribution in [0.5, 0.6) is 0 Å². The molecular formula is C13H21N3O3S. The minimum atomic E-state index is -3.55. The summed E-state index contributed by atoms with van der Waals surface area (Å²) in [6.07, 6.45) is 8.32. The van der Waals surface area contributed by atoms with Gasteiger partial charge >= 0.3 is 0 Å². The van der Waals surface area contributed by atoms with Gasteiger partial charge in [0.25, 0.3) is 10.0 Å². The van der Waals surface area contributed by atoms with E-state index in [0.29, 0.717) is 24.1 Å².